The standard InChI is InChI=1S/C25H32N4O2/c1-26-11-15-28(16-12-26)22-7-3-20(4-8-22)24(30)19-25(31)21-5-9-23(10-6-21)29-17-13-27(2)14-18-29/h3-10H,11-19H2,1-2H3. The van der Waals surface area contributed by atoms with Crippen LogP contribution < -0.4 is 9.80 Å². The van der Waals surface area contributed by atoms with E-state index in [1.165, 1.54) is 0 Å². The van der Waals surface area contributed by atoms with Crippen LogP contribution in [0.1, 0.15) is 27.1 Å². The zero-order valence-corrected chi connectivity index (χ0v) is 18.6. The van der Waals surface area contributed by atoms with Crippen LogP contribution in [-0.2, 0) is 0 Å². The summed E-state index contributed by atoms with van der Waals surface area (Å²) >= 11 is 0. The van der Waals surface area contributed by atoms with E-state index in [0.29, 0.717) is 11.1 Å². The maximum Gasteiger partial charge on any atom is 0.170 e. The molecule has 2 aliphatic rings. The smallest absolute Gasteiger partial charge is 0.170 e. The molecule has 2 heterocycles. The van der Waals surface area contributed by atoms with Gasteiger partial charge in [0.05, 0.1) is 6.42 Å². The third-order valence-electron chi connectivity index (χ3n) is 6.44. The predicted octanol–water partition coefficient (Wildman–Crippen LogP) is 2.65. The highest BCUT2D eigenvalue weighted by Crippen LogP contribution is 2.20. The van der Waals surface area contributed by atoms with Gasteiger partial charge in [0.2, 0.25) is 0 Å². The van der Waals surface area contributed by atoms with Crippen molar-refractivity contribution in [2.45, 2.75) is 6.42 Å². The zero-order chi connectivity index (χ0) is 21.8. The fourth-order valence-corrected chi connectivity index (χ4v) is 4.20. The summed E-state index contributed by atoms with van der Waals surface area (Å²) < 4.78 is 0. The Hall–Kier alpha value is -2.70. The molecule has 0 bridgehead atoms. The van der Waals surface area contributed by atoms with Crippen molar-refractivity contribution in [3.63, 3.8) is 0 Å². The summed E-state index contributed by atoms with van der Waals surface area (Å²) in [6.45, 7) is 8.15. The molecule has 0 unspecified atom stereocenters. The first-order valence-electron chi connectivity index (χ1n) is 11.1. The average molecular weight is 421 g/mol. The van der Waals surface area contributed by atoms with Crippen molar-refractivity contribution in [1.82, 2.24) is 9.80 Å². The number of ketones is 2. The van der Waals surface area contributed by atoms with Crippen LogP contribution in [0.25, 0.3) is 0 Å². The molecule has 4 rings (SSSR count). The Morgan fingerprint density at radius 2 is 0.903 bits per heavy atom. The van der Waals surface area contributed by atoms with Gasteiger partial charge in [0.1, 0.15) is 0 Å². The maximum atomic E-state index is 12.7. The molecule has 0 N–H and O–H groups in total. The fraction of sp³-hybridized carbons (Fsp3) is 0.440. The highest BCUT2D eigenvalue weighted by Gasteiger charge is 2.18. The molecule has 0 spiro atoms. The summed E-state index contributed by atoms with van der Waals surface area (Å²) in [6.07, 6.45) is -0.0955. The lowest BCUT2D eigenvalue weighted by molar-refractivity contribution is 0.0894. The highest BCUT2D eigenvalue weighted by molar-refractivity contribution is 6.13. The van der Waals surface area contributed by atoms with Gasteiger partial charge in [0.15, 0.2) is 11.6 Å². The van der Waals surface area contributed by atoms with Crippen LogP contribution in [0.4, 0.5) is 11.4 Å². The number of benzene rings is 2. The van der Waals surface area contributed by atoms with E-state index in [9.17, 15) is 9.59 Å². The minimum absolute atomic E-state index is 0.0955. The summed E-state index contributed by atoms with van der Waals surface area (Å²) in [7, 11) is 4.27. The number of hydrogen-bond donors (Lipinski definition) is 0. The van der Waals surface area contributed by atoms with E-state index < -0.39 is 0 Å². The number of piperazine rings is 2. The van der Waals surface area contributed by atoms with E-state index >= 15 is 0 Å². The van der Waals surface area contributed by atoms with Gasteiger partial charge in [0, 0.05) is 74.9 Å². The Labute approximate surface area is 185 Å². The van der Waals surface area contributed by atoms with E-state index in [4.69, 9.17) is 0 Å². The fourth-order valence-electron chi connectivity index (χ4n) is 4.20. The predicted molar refractivity (Wildman–Crippen MR) is 126 cm³/mol. The number of carbonyl (C=O) groups is 2. The van der Waals surface area contributed by atoms with E-state index in [1.807, 2.05) is 48.5 Å². The van der Waals surface area contributed by atoms with Gasteiger partial charge in [-0.15, -0.1) is 0 Å². The molecule has 0 aliphatic carbocycles. The van der Waals surface area contributed by atoms with Gasteiger partial charge in [0.25, 0.3) is 0 Å². The van der Waals surface area contributed by atoms with Crippen molar-refractivity contribution in [3.8, 4) is 0 Å². The van der Waals surface area contributed by atoms with Crippen LogP contribution >= 0.6 is 0 Å². The molecule has 0 amide bonds. The second kappa shape index (κ2) is 9.62. The lowest BCUT2D eigenvalue weighted by Gasteiger charge is -2.34. The molecule has 6 nitrogen and oxygen atoms in total. The van der Waals surface area contributed by atoms with E-state index in [1.54, 1.807) is 0 Å². The monoisotopic (exact) mass is 420 g/mol. The molecule has 0 radical (unpaired) electrons. The third kappa shape index (κ3) is 5.32. The van der Waals surface area contributed by atoms with E-state index in [-0.39, 0.29) is 18.0 Å². The quantitative estimate of drug-likeness (QED) is 0.529. The van der Waals surface area contributed by atoms with E-state index in [2.05, 4.69) is 33.7 Å². The Morgan fingerprint density at radius 1 is 0.581 bits per heavy atom. The lowest BCUT2D eigenvalue weighted by atomic mass is 10.0. The molecule has 2 saturated heterocycles. The van der Waals surface area contributed by atoms with Gasteiger partial charge >= 0.3 is 0 Å². The van der Waals surface area contributed by atoms with Crippen molar-refractivity contribution in [3.05, 3.63) is 59.7 Å². The Morgan fingerprint density at radius 3 is 1.23 bits per heavy atom. The van der Waals surface area contributed by atoms with Gasteiger partial charge in [-0.2, -0.15) is 0 Å². The summed E-state index contributed by atoms with van der Waals surface area (Å²) in [4.78, 5) is 34.6. The van der Waals surface area contributed by atoms with Gasteiger partial charge < -0.3 is 19.6 Å². The number of likely N-dealkylation sites (N-methyl/N-ethyl adjacent to an activating group) is 2. The number of rotatable bonds is 6. The number of carbonyl (C=O) groups excluding carboxylic acids is 2. The normalized spacial score (nSPS) is 18.3. The van der Waals surface area contributed by atoms with Crippen LogP contribution in [0.2, 0.25) is 0 Å². The van der Waals surface area contributed by atoms with Crippen molar-refractivity contribution in [1.29, 1.82) is 0 Å². The molecule has 0 saturated carbocycles. The molecule has 0 atom stereocenters. The number of hydrogen-bond acceptors (Lipinski definition) is 6. The second-order valence-electron chi connectivity index (χ2n) is 8.70. The maximum absolute atomic E-state index is 12.7. The minimum atomic E-state index is -0.127. The van der Waals surface area contributed by atoms with Crippen LogP contribution in [0.5, 0.6) is 0 Å². The molecule has 2 aliphatic heterocycles. The highest BCUT2D eigenvalue weighted by atomic mass is 16.1. The van der Waals surface area contributed by atoms with Crippen LogP contribution in [-0.4, -0.2) is 87.8 Å². The Bertz CT molecular complexity index is 819. The molecule has 2 aromatic carbocycles. The number of anilines is 2. The Balaban J connectivity index is 1.33. The first-order chi connectivity index (χ1) is 15.0. The minimum Gasteiger partial charge on any atom is -0.369 e. The molecular weight excluding hydrogens is 388 g/mol. The third-order valence-corrected chi connectivity index (χ3v) is 6.44. The van der Waals surface area contributed by atoms with Crippen molar-refractivity contribution in [2.75, 3.05) is 76.3 Å². The van der Waals surface area contributed by atoms with Gasteiger partial charge in [-0.1, -0.05) is 0 Å². The van der Waals surface area contributed by atoms with Gasteiger partial charge in [-0.05, 0) is 62.6 Å². The molecule has 31 heavy (non-hydrogen) atoms. The largest absolute Gasteiger partial charge is 0.369 e. The topological polar surface area (TPSA) is 47.1 Å². The number of Topliss-reactive ketones (excluding diaryl/α,β-unsaturated/α-hetero) is 2. The van der Waals surface area contributed by atoms with Crippen LogP contribution in [0, 0.1) is 0 Å². The molecule has 164 valence electrons. The van der Waals surface area contributed by atoms with Crippen LogP contribution in [0.15, 0.2) is 48.5 Å². The summed E-state index contributed by atoms with van der Waals surface area (Å²) in [5, 5.41) is 0. The molecular formula is C25H32N4O2. The molecule has 2 fully saturated rings. The number of nitrogens with zero attached hydrogens (tertiary/aromatic N) is 4. The molecule has 0 aromatic heterocycles. The zero-order valence-electron chi connectivity index (χ0n) is 18.6. The first-order valence-corrected chi connectivity index (χ1v) is 11.1. The second-order valence-corrected chi connectivity index (χ2v) is 8.70. The first kappa shape index (κ1) is 21.5. The van der Waals surface area contributed by atoms with Crippen molar-refractivity contribution in [2.24, 2.45) is 0 Å². The van der Waals surface area contributed by atoms with Gasteiger partial charge in [-0.25, -0.2) is 0 Å². The van der Waals surface area contributed by atoms with E-state index in [0.717, 1.165) is 63.7 Å². The Kier molecular flexibility index (Phi) is 6.68. The average Bonchev–Trinajstić information content (AvgIpc) is 2.80. The molecule has 2 aromatic rings. The lowest BCUT2D eigenvalue weighted by Crippen LogP contribution is -2.44. The van der Waals surface area contributed by atoms with Crippen LogP contribution in [0.3, 0.4) is 0 Å². The van der Waals surface area contributed by atoms with Crippen molar-refractivity contribution < 1.29 is 9.59 Å². The summed E-state index contributed by atoms with van der Waals surface area (Å²) in [5.74, 6) is -0.254. The van der Waals surface area contributed by atoms with Crippen molar-refractivity contribution >= 4 is 22.9 Å². The summed E-state index contributed by atoms with van der Waals surface area (Å²) in [5.41, 5.74) is 3.46. The van der Waals surface area contributed by atoms with Gasteiger partial charge in [-0.3, -0.25) is 9.59 Å². The summed E-state index contributed by atoms with van der Waals surface area (Å²) in [6, 6.07) is 15.4. The SMILES string of the molecule is CN1CCN(c2ccc(C(=O)CC(=O)c3ccc(N4CCN(C)CC4)cc3)cc2)CC1. The molecule has 6 heteroatoms.